The van der Waals surface area contributed by atoms with Crippen LogP contribution in [0.5, 0.6) is 0 Å². The fourth-order valence-corrected chi connectivity index (χ4v) is 16.6. The van der Waals surface area contributed by atoms with Gasteiger partial charge in [0.15, 0.2) is 18.9 Å². The van der Waals surface area contributed by atoms with Gasteiger partial charge in [-0.3, -0.25) is 4.79 Å². The Morgan fingerprint density at radius 1 is 0.316 bits per heavy atom. The van der Waals surface area contributed by atoms with Crippen molar-refractivity contribution in [3.8, 4) is 0 Å². The van der Waals surface area contributed by atoms with E-state index < -0.39 is 124 Å². The molecule has 3 rings (SSSR count). The molecule has 17 atom stereocenters. The van der Waals surface area contributed by atoms with E-state index >= 15 is 0 Å². The Morgan fingerprint density at radius 2 is 0.590 bits per heavy atom. The largest absolute Gasteiger partial charge is 0.394 e. The monoisotopic (exact) mass is 1660 g/mol. The lowest BCUT2D eigenvalue weighted by molar-refractivity contribution is -0.379. The molecule has 117 heavy (non-hydrogen) atoms. The molecule has 0 radical (unpaired) electrons. The summed E-state index contributed by atoms with van der Waals surface area (Å²) in [5.74, 6) is -0.233. The first-order valence-corrected chi connectivity index (χ1v) is 49.0. The summed E-state index contributed by atoms with van der Waals surface area (Å²) in [6.07, 6.45) is 76.4. The Kier molecular flexibility index (Phi) is 71.6. The van der Waals surface area contributed by atoms with Crippen LogP contribution in [0.2, 0.25) is 0 Å². The van der Waals surface area contributed by atoms with Gasteiger partial charge in [-0.05, 0) is 57.8 Å². The van der Waals surface area contributed by atoms with E-state index in [1.807, 2.05) is 0 Å². The maximum absolute atomic E-state index is 13.6. The average molecular weight is 1660 g/mol. The quantitative estimate of drug-likeness (QED) is 0.0199. The van der Waals surface area contributed by atoms with Crippen LogP contribution >= 0.6 is 0 Å². The van der Waals surface area contributed by atoms with Crippen LogP contribution in [-0.2, 0) is 33.2 Å². The van der Waals surface area contributed by atoms with Crippen molar-refractivity contribution in [2.75, 3.05) is 26.4 Å². The van der Waals surface area contributed by atoms with Gasteiger partial charge < -0.3 is 89.9 Å². The third kappa shape index (κ3) is 54.8. The molecule has 0 aromatic carbocycles. The number of unbranched alkanes of at least 4 members (excludes halogenated alkanes) is 55. The number of ether oxygens (including phenoxy) is 6. The maximum atomic E-state index is 13.6. The summed E-state index contributed by atoms with van der Waals surface area (Å²) in [4.78, 5) is 13.6. The van der Waals surface area contributed by atoms with Crippen LogP contribution in [-0.4, -0.2) is 193 Å². The zero-order valence-corrected chi connectivity index (χ0v) is 74.4. The number of rotatable bonds is 81. The van der Waals surface area contributed by atoms with Gasteiger partial charge in [0.05, 0.1) is 38.6 Å². The highest BCUT2D eigenvalue weighted by atomic mass is 16.8. The van der Waals surface area contributed by atoms with Crippen LogP contribution in [0.15, 0.2) is 60.8 Å². The summed E-state index contributed by atoms with van der Waals surface area (Å²) < 4.78 is 34.7. The molecule has 0 bridgehead atoms. The third-order valence-corrected chi connectivity index (χ3v) is 24.4. The summed E-state index contributed by atoms with van der Waals surface area (Å²) >= 11 is 0. The highest BCUT2D eigenvalue weighted by molar-refractivity contribution is 5.76. The molecule has 0 aromatic heterocycles. The van der Waals surface area contributed by atoms with Crippen LogP contribution in [0.3, 0.4) is 0 Å². The minimum atomic E-state index is -1.97. The van der Waals surface area contributed by atoms with E-state index in [4.69, 9.17) is 28.4 Å². The van der Waals surface area contributed by atoms with E-state index in [1.54, 1.807) is 0 Å². The smallest absolute Gasteiger partial charge is 0.220 e. The molecule has 3 heterocycles. The number of amides is 1. The molecule has 17 unspecified atom stereocenters. The second-order valence-corrected chi connectivity index (χ2v) is 34.9. The predicted octanol–water partition coefficient (Wildman–Crippen LogP) is 20.1. The topological polar surface area (TPSA) is 307 Å². The maximum Gasteiger partial charge on any atom is 0.220 e. The third-order valence-electron chi connectivity index (χ3n) is 24.4. The Morgan fingerprint density at radius 3 is 0.923 bits per heavy atom. The zero-order chi connectivity index (χ0) is 84.5. The van der Waals surface area contributed by atoms with Crippen molar-refractivity contribution < 1.29 is 89.4 Å². The molecule has 0 aliphatic carbocycles. The van der Waals surface area contributed by atoms with E-state index in [0.717, 1.165) is 77.0 Å². The van der Waals surface area contributed by atoms with E-state index in [-0.39, 0.29) is 18.9 Å². The number of aliphatic hydroxyl groups excluding tert-OH is 11. The summed E-state index contributed by atoms with van der Waals surface area (Å²) in [6, 6.07) is -0.889. The van der Waals surface area contributed by atoms with Crippen LogP contribution in [0.1, 0.15) is 425 Å². The van der Waals surface area contributed by atoms with Gasteiger partial charge in [0.1, 0.15) is 73.2 Å². The van der Waals surface area contributed by atoms with Gasteiger partial charge in [-0.25, -0.2) is 0 Å². The van der Waals surface area contributed by atoms with E-state index in [1.165, 1.54) is 315 Å². The lowest BCUT2D eigenvalue weighted by Gasteiger charge is -2.48. The van der Waals surface area contributed by atoms with Gasteiger partial charge >= 0.3 is 0 Å². The molecule has 3 saturated heterocycles. The summed E-state index contributed by atoms with van der Waals surface area (Å²) in [5, 5.41) is 122. The van der Waals surface area contributed by atoms with Gasteiger partial charge in [0, 0.05) is 6.42 Å². The van der Waals surface area contributed by atoms with E-state index in [0.29, 0.717) is 12.8 Å². The van der Waals surface area contributed by atoms with E-state index in [9.17, 15) is 61.0 Å². The van der Waals surface area contributed by atoms with Crippen LogP contribution < -0.4 is 5.32 Å². The molecule has 0 saturated carbocycles. The molecule has 3 aliphatic heterocycles. The molecule has 3 aliphatic rings. The van der Waals surface area contributed by atoms with Crippen molar-refractivity contribution in [3.05, 3.63) is 60.8 Å². The molecular weight excluding hydrogens is 1480 g/mol. The molecule has 19 nitrogen and oxygen atoms in total. The molecular formula is C98H181NO18. The normalized spacial score (nSPS) is 24.6. The number of hydrogen-bond donors (Lipinski definition) is 12. The Bertz CT molecular complexity index is 2340. The Hall–Kier alpha value is -2.51. The number of allylic oxidation sites excluding steroid dienone is 10. The molecule has 0 spiro atoms. The summed E-state index contributed by atoms with van der Waals surface area (Å²) in [5.41, 5.74) is 0. The van der Waals surface area contributed by atoms with Crippen molar-refractivity contribution in [1.29, 1.82) is 0 Å². The number of carbonyl (C=O) groups excluding carboxylic acids is 1. The van der Waals surface area contributed by atoms with Crippen molar-refractivity contribution in [2.45, 2.75) is 529 Å². The van der Waals surface area contributed by atoms with Crippen LogP contribution in [0.4, 0.5) is 0 Å². The number of nitrogens with one attached hydrogen (secondary N) is 1. The van der Waals surface area contributed by atoms with Gasteiger partial charge in [-0.15, -0.1) is 0 Å². The van der Waals surface area contributed by atoms with Gasteiger partial charge in [-0.1, -0.05) is 421 Å². The fourth-order valence-electron chi connectivity index (χ4n) is 16.6. The minimum Gasteiger partial charge on any atom is -0.394 e. The molecule has 19 heteroatoms. The summed E-state index contributed by atoms with van der Waals surface area (Å²) in [7, 11) is 0. The molecule has 12 N–H and O–H groups in total. The van der Waals surface area contributed by atoms with Gasteiger partial charge in [0.2, 0.25) is 5.91 Å². The van der Waals surface area contributed by atoms with Crippen molar-refractivity contribution in [3.63, 3.8) is 0 Å². The first kappa shape index (κ1) is 109. The van der Waals surface area contributed by atoms with Gasteiger partial charge in [-0.2, -0.15) is 0 Å². The highest BCUT2D eigenvalue weighted by Crippen LogP contribution is 2.34. The number of hydrogen-bond acceptors (Lipinski definition) is 18. The second kappa shape index (κ2) is 77.1. The van der Waals surface area contributed by atoms with Crippen molar-refractivity contribution in [1.82, 2.24) is 5.32 Å². The Balaban J connectivity index is 1.27. The lowest BCUT2D eigenvalue weighted by atomic mass is 9.96. The van der Waals surface area contributed by atoms with Crippen molar-refractivity contribution >= 4 is 5.91 Å². The molecule has 1 amide bonds. The molecule has 686 valence electrons. The fraction of sp³-hybridized carbons (Fsp3) is 0.888. The van der Waals surface area contributed by atoms with Gasteiger partial charge in [0.25, 0.3) is 0 Å². The van der Waals surface area contributed by atoms with Crippen LogP contribution in [0, 0.1) is 0 Å². The molecule has 3 fully saturated rings. The standard InChI is InChI=1S/C98H181NO18/c1-3-5-7-9-11-13-15-17-19-21-23-25-27-29-31-33-35-36-37-38-39-40-41-42-43-44-46-48-50-52-54-56-58-60-62-64-66-68-70-72-74-76-86(104)99-81(82(103)75-73-71-69-67-65-63-61-59-57-55-53-51-49-47-45-34-32-30-28-26-24-22-20-18-16-14-12-10-8-6-4-2)80-112-96-92(110)89(107)94(84(78-101)114-96)117-98-93(111)90(108)95(85(79-102)115-98)116-97-91(109)88(106)87(105)83(77-100)113-97/h5,7,11,13,17,19,23,25,29,31,81-85,87-98,100-103,105-111H,3-4,6,8-10,12,14-16,18,20-22,24,26-28,30,32-80H2,1-2H3,(H,99,104)/b7-5-,13-11-,19-17-,25-23-,31-29-. The lowest BCUT2D eigenvalue weighted by Crippen LogP contribution is -2.66. The summed E-state index contributed by atoms with van der Waals surface area (Å²) in [6.45, 7) is 1.76. The van der Waals surface area contributed by atoms with E-state index in [2.05, 4.69) is 79.9 Å². The first-order chi connectivity index (χ1) is 57.3. The SMILES string of the molecule is CC/C=C\C/C=C\C/C=C\C/C=C\C/C=C\CCCCCCCCCCCCCCCCCCCCCCCCCCCC(=O)NC(COC1OC(CO)C(OC2OC(CO)C(OC3OC(CO)C(O)C(O)C3O)C(O)C2O)C(O)C1O)C(O)CCCCCCCCCCCCCCCCCCCCCCCCCCCCCCCCC. The highest BCUT2D eigenvalue weighted by Gasteiger charge is 2.54. The van der Waals surface area contributed by atoms with Crippen molar-refractivity contribution in [2.24, 2.45) is 0 Å². The number of aliphatic hydroxyl groups is 11. The first-order valence-electron chi connectivity index (χ1n) is 49.0. The van der Waals surface area contributed by atoms with Crippen LogP contribution in [0.25, 0.3) is 0 Å². The minimum absolute atomic E-state index is 0.233. The second-order valence-electron chi connectivity index (χ2n) is 34.9. The Labute approximate surface area is 713 Å². The zero-order valence-electron chi connectivity index (χ0n) is 74.4. The molecule has 0 aromatic rings. The predicted molar refractivity (Wildman–Crippen MR) is 475 cm³/mol. The number of carbonyl (C=O) groups is 1. The average Bonchev–Trinajstić information content (AvgIpc) is 0.778.